The van der Waals surface area contributed by atoms with Crippen LogP contribution in [0.3, 0.4) is 0 Å². The lowest BCUT2D eigenvalue weighted by atomic mass is 10.0. The fourth-order valence-corrected chi connectivity index (χ4v) is 2.38. The maximum Gasteiger partial charge on any atom is 0.323 e. The Morgan fingerprint density at radius 2 is 2.26 bits per heavy atom. The van der Waals surface area contributed by atoms with Crippen LogP contribution in [-0.4, -0.2) is 45.0 Å². The molecule has 0 aliphatic carbocycles. The van der Waals surface area contributed by atoms with Gasteiger partial charge in [-0.3, -0.25) is 5.32 Å². The normalized spacial score (nSPS) is 20.9. The van der Waals surface area contributed by atoms with Gasteiger partial charge in [-0.1, -0.05) is 0 Å². The van der Waals surface area contributed by atoms with Crippen molar-refractivity contribution >= 4 is 11.8 Å². The zero-order chi connectivity index (χ0) is 14.0. The second-order valence-electron chi connectivity index (χ2n) is 5.42. The van der Waals surface area contributed by atoms with Crippen molar-refractivity contribution in [1.29, 1.82) is 0 Å². The molecule has 0 bridgehead atoms. The molecule has 2 atom stereocenters. The van der Waals surface area contributed by atoms with Crippen LogP contribution in [0.15, 0.2) is 12.3 Å². The first-order valence-electron chi connectivity index (χ1n) is 6.76. The minimum atomic E-state index is -0.362. The number of anilines is 1. The Morgan fingerprint density at radius 1 is 1.53 bits per heavy atom. The van der Waals surface area contributed by atoms with Gasteiger partial charge in [0.15, 0.2) is 0 Å². The number of aliphatic hydroxyl groups is 1. The smallest absolute Gasteiger partial charge is 0.323 e. The molecule has 2 heterocycles. The van der Waals surface area contributed by atoms with E-state index in [2.05, 4.69) is 10.4 Å². The standard InChI is InChI=1S/C13H22N4O2/c1-9(2)17-12(4-6-14-17)15-13(19)16-7-5-11(8-16)10(3)18/h4,6,9-11,18H,5,7-8H2,1-3H3,(H,15,19). The summed E-state index contributed by atoms with van der Waals surface area (Å²) in [7, 11) is 0. The number of hydrogen-bond acceptors (Lipinski definition) is 3. The number of carbonyl (C=O) groups is 1. The van der Waals surface area contributed by atoms with E-state index in [-0.39, 0.29) is 24.1 Å². The fourth-order valence-electron chi connectivity index (χ4n) is 2.38. The highest BCUT2D eigenvalue weighted by atomic mass is 16.3. The number of amides is 2. The quantitative estimate of drug-likeness (QED) is 0.874. The van der Waals surface area contributed by atoms with Gasteiger partial charge in [0, 0.05) is 31.1 Å². The Kier molecular flexibility index (Phi) is 4.09. The number of hydrogen-bond donors (Lipinski definition) is 2. The monoisotopic (exact) mass is 266 g/mol. The highest BCUT2D eigenvalue weighted by Gasteiger charge is 2.29. The molecule has 106 valence electrons. The molecule has 19 heavy (non-hydrogen) atoms. The summed E-state index contributed by atoms with van der Waals surface area (Å²) >= 11 is 0. The van der Waals surface area contributed by atoms with Gasteiger partial charge in [0.1, 0.15) is 5.82 Å². The van der Waals surface area contributed by atoms with Crippen molar-refractivity contribution in [3.8, 4) is 0 Å². The van der Waals surface area contributed by atoms with Crippen LogP contribution in [0.5, 0.6) is 0 Å². The minimum absolute atomic E-state index is 0.120. The third kappa shape index (κ3) is 3.07. The Labute approximate surface area is 113 Å². The Balaban J connectivity index is 1.96. The number of likely N-dealkylation sites (tertiary alicyclic amines) is 1. The van der Waals surface area contributed by atoms with Crippen molar-refractivity contribution in [1.82, 2.24) is 14.7 Å². The summed E-state index contributed by atoms with van der Waals surface area (Å²) < 4.78 is 1.78. The van der Waals surface area contributed by atoms with E-state index >= 15 is 0 Å². The van der Waals surface area contributed by atoms with Gasteiger partial charge in [-0.2, -0.15) is 5.10 Å². The molecule has 6 nitrogen and oxygen atoms in total. The van der Waals surface area contributed by atoms with Crippen LogP contribution in [0.2, 0.25) is 0 Å². The Hall–Kier alpha value is -1.56. The van der Waals surface area contributed by atoms with Crippen molar-refractivity contribution in [2.24, 2.45) is 5.92 Å². The van der Waals surface area contributed by atoms with Gasteiger partial charge < -0.3 is 10.0 Å². The number of nitrogens with one attached hydrogen (secondary N) is 1. The van der Waals surface area contributed by atoms with Crippen molar-refractivity contribution in [3.63, 3.8) is 0 Å². The van der Waals surface area contributed by atoms with E-state index in [1.54, 1.807) is 28.8 Å². The average molecular weight is 266 g/mol. The summed E-state index contributed by atoms with van der Waals surface area (Å²) in [6.07, 6.45) is 2.17. The molecular weight excluding hydrogens is 244 g/mol. The van der Waals surface area contributed by atoms with Gasteiger partial charge in [-0.25, -0.2) is 9.48 Å². The largest absolute Gasteiger partial charge is 0.393 e. The first kappa shape index (κ1) is 13.9. The van der Waals surface area contributed by atoms with E-state index in [0.29, 0.717) is 18.9 Å². The predicted molar refractivity (Wildman–Crippen MR) is 73.0 cm³/mol. The zero-order valence-electron chi connectivity index (χ0n) is 11.7. The molecule has 6 heteroatoms. The maximum absolute atomic E-state index is 12.1. The molecule has 1 aliphatic rings. The highest BCUT2D eigenvalue weighted by Crippen LogP contribution is 2.21. The lowest BCUT2D eigenvalue weighted by molar-refractivity contribution is 0.130. The van der Waals surface area contributed by atoms with Crippen LogP contribution >= 0.6 is 0 Å². The minimum Gasteiger partial charge on any atom is -0.393 e. The van der Waals surface area contributed by atoms with Gasteiger partial charge in [0.25, 0.3) is 0 Å². The van der Waals surface area contributed by atoms with Gasteiger partial charge in [-0.05, 0) is 27.2 Å². The molecule has 1 saturated heterocycles. The van der Waals surface area contributed by atoms with Crippen LogP contribution in [0.4, 0.5) is 10.6 Å². The molecule has 2 N–H and O–H groups in total. The molecule has 1 fully saturated rings. The average Bonchev–Trinajstić information content (AvgIpc) is 2.96. The van der Waals surface area contributed by atoms with E-state index in [0.717, 1.165) is 6.42 Å². The number of rotatable bonds is 3. The summed E-state index contributed by atoms with van der Waals surface area (Å²) in [5.41, 5.74) is 0. The summed E-state index contributed by atoms with van der Waals surface area (Å²) in [6, 6.07) is 1.87. The number of urea groups is 1. The second kappa shape index (κ2) is 5.61. The SMILES string of the molecule is CC(O)C1CCN(C(=O)Nc2ccnn2C(C)C)C1. The van der Waals surface area contributed by atoms with Crippen LogP contribution in [0.25, 0.3) is 0 Å². The molecule has 1 aromatic rings. The Bertz CT molecular complexity index is 442. The first-order valence-corrected chi connectivity index (χ1v) is 6.76. The van der Waals surface area contributed by atoms with E-state index in [9.17, 15) is 9.90 Å². The number of carbonyl (C=O) groups excluding carboxylic acids is 1. The van der Waals surface area contributed by atoms with E-state index in [4.69, 9.17) is 0 Å². The first-order chi connectivity index (χ1) is 8.99. The molecule has 2 amide bonds. The zero-order valence-corrected chi connectivity index (χ0v) is 11.7. The number of aromatic nitrogens is 2. The summed E-state index contributed by atoms with van der Waals surface area (Å²) in [5.74, 6) is 0.890. The highest BCUT2D eigenvalue weighted by molar-refractivity contribution is 5.88. The van der Waals surface area contributed by atoms with Crippen molar-refractivity contribution < 1.29 is 9.90 Å². The van der Waals surface area contributed by atoms with Gasteiger partial charge in [0.05, 0.1) is 12.3 Å². The number of nitrogens with zero attached hydrogens (tertiary/aromatic N) is 3. The topological polar surface area (TPSA) is 70.4 Å². The summed E-state index contributed by atoms with van der Waals surface area (Å²) in [5, 5.41) is 16.6. The van der Waals surface area contributed by atoms with Gasteiger partial charge in [-0.15, -0.1) is 0 Å². The molecule has 2 unspecified atom stereocenters. The van der Waals surface area contributed by atoms with Crippen molar-refractivity contribution in [3.05, 3.63) is 12.3 Å². The van der Waals surface area contributed by atoms with Crippen LogP contribution in [0.1, 0.15) is 33.2 Å². The van der Waals surface area contributed by atoms with Crippen molar-refractivity contribution in [2.75, 3.05) is 18.4 Å². The second-order valence-corrected chi connectivity index (χ2v) is 5.42. The third-order valence-corrected chi connectivity index (χ3v) is 3.59. The molecular formula is C13H22N4O2. The third-order valence-electron chi connectivity index (χ3n) is 3.59. The van der Waals surface area contributed by atoms with E-state index in [1.807, 2.05) is 13.8 Å². The molecule has 0 saturated carbocycles. The molecule has 2 rings (SSSR count). The lowest BCUT2D eigenvalue weighted by Gasteiger charge is -2.19. The molecule has 1 aliphatic heterocycles. The van der Waals surface area contributed by atoms with Gasteiger partial charge >= 0.3 is 6.03 Å². The van der Waals surface area contributed by atoms with E-state index < -0.39 is 0 Å². The molecule has 1 aromatic heterocycles. The van der Waals surface area contributed by atoms with Crippen LogP contribution in [0, 0.1) is 5.92 Å². The summed E-state index contributed by atoms with van der Waals surface area (Å²) in [6.45, 7) is 7.11. The summed E-state index contributed by atoms with van der Waals surface area (Å²) in [4.78, 5) is 13.9. The lowest BCUT2D eigenvalue weighted by Crippen LogP contribution is -2.34. The van der Waals surface area contributed by atoms with E-state index in [1.165, 1.54) is 0 Å². The molecule has 0 aromatic carbocycles. The van der Waals surface area contributed by atoms with Crippen LogP contribution < -0.4 is 5.32 Å². The Morgan fingerprint density at radius 3 is 2.84 bits per heavy atom. The maximum atomic E-state index is 12.1. The predicted octanol–water partition coefficient (Wildman–Crippen LogP) is 1.70. The molecule has 0 spiro atoms. The number of aliphatic hydroxyl groups excluding tert-OH is 1. The van der Waals surface area contributed by atoms with Crippen molar-refractivity contribution in [2.45, 2.75) is 39.3 Å². The van der Waals surface area contributed by atoms with Crippen LogP contribution in [-0.2, 0) is 0 Å². The molecule has 0 radical (unpaired) electrons. The van der Waals surface area contributed by atoms with Gasteiger partial charge in [0.2, 0.25) is 0 Å². The fraction of sp³-hybridized carbons (Fsp3) is 0.692.